The summed E-state index contributed by atoms with van der Waals surface area (Å²) in [6.07, 6.45) is 5.21. The normalized spacial score (nSPS) is 37.6. The van der Waals surface area contributed by atoms with E-state index >= 15 is 0 Å². The molecule has 5 nitrogen and oxygen atoms in total. The fourth-order valence-corrected chi connectivity index (χ4v) is 7.01. The molecule has 148 valence electrons. The maximum atomic E-state index is 12.6. The third-order valence-electron chi connectivity index (χ3n) is 6.01. The highest BCUT2D eigenvalue weighted by atomic mass is 35.5. The lowest BCUT2D eigenvalue weighted by Crippen LogP contribution is -2.63. The van der Waals surface area contributed by atoms with E-state index in [1.54, 1.807) is 11.8 Å². The van der Waals surface area contributed by atoms with Gasteiger partial charge in [-0.25, -0.2) is 0 Å². The molecule has 1 aromatic carbocycles. The van der Waals surface area contributed by atoms with E-state index in [9.17, 15) is 4.79 Å². The highest BCUT2D eigenvalue weighted by Gasteiger charge is 2.62. The van der Waals surface area contributed by atoms with Crippen LogP contribution in [0.15, 0.2) is 29.3 Å². The SMILES string of the molecule is O=C(NCC1NC2C3C=CC(C3)(O1)C2C1CN=CS1)c1c(Cl)cc(Cl)cc1Cl. The average Bonchev–Trinajstić information content (AvgIpc) is 3.32. The quantitative estimate of drug-likeness (QED) is 0.674. The van der Waals surface area contributed by atoms with Gasteiger partial charge in [0.1, 0.15) is 6.23 Å². The zero-order valence-corrected chi connectivity index (χ0v) is 17.8. The molecule has 3 bridgehead atoms. The number of carbonyl (C=O) groups excluding carboxylic acids is 1. The van der Waals surface area contributed by atoms with Gasteiger partial charge in [-0.05, 0) is 24.5 Å². The minimum absolute atomic E-state index is 0.225. The van der Waals surface area contributed by atoms with Crippen LogP contribution < -0.4 is 10.6 Å². The van der Waals surface area contributed by atoms with Crippen molar-refractivity contribution in [2.75, 3.05) is 13.1 Å². The van der Waals surface area contributed by atoms with Gasteiger partial charge in [0.05, 0.1) is 39.8 Å². The highest BCUT2D eigenvalue weighted by molar-refractivity contribution is 8.12. The van der Waals surface area contributed by atoms with Gasteiger partial charge in [0, 0.05) is 22.2 Å². The number of nitrogens with one attached hydrogen (secondary N) is 2. The summed E-state index contributed by atoms with van der Waals surface area (Å²) in [5.41, 5.74) is 1.91. The lowest BCUT2D eigenvalue weighted by Gasteiger charge is -2.47. The van der Waals surface area contributed by atoms with Crippen molar-refractivity contribution in [3.8, 4) is 0 Å². The van der Waals surface area contributed by atoms with Crippen LogP contribution in [0.2, 0.25) is 15.1 Å². The van der Waals surface area contributed by atoms with E-state index in [1.165, 1.54) is 12.1 Å². The Balaban J connectivity index is 1.28. The van der Waals surface area contributed by atoms with Gasteiger partial charge in [0.25, 0.3) is 5.91 Å². The van der Waals surface area contributed by atoms with Crippen molar-refractivity contribution in [1.82, 2.24) is 10.6 Å². The first-order valence-electron chi connectivity index (χ1n) is 9.16. The summed E-state index contributed by atoms with van der Waals surface area (Å²) >= 11 is 20.0. The van der Waals surface area contributed by atoms with Gasteiger partial charge >= 0.3 is 0 Å². The summed E-state index contributed by atoms with van der Waals surface area (Å²) in [6.45, 7) is 1.17. The number of amides is 1. The Bertz CT molecular complexity index is 864. The van der Waals surface area contributed by atoms with Gasteiger partial charge < -0.3 is 10.1 Å². The van der Waals surface area contributed by atoms with Crippen LogP contribution in [0.3, 0.4) is 0 Å². The number of ether oxygens (including phenoxy) is 1. The van der Waals surface area contributed by atoms with E-state index in [-0.39, 0.29) is 33.3 Å². The summed E-state index contributed by atoms with van der Waals surface area (Å²) in [5, 5.41) is 7.77. The molecule has 4 aliphatic rings. The molecule has 2 fully saturated rings. The second-order valence-corrected chi connectivity index (χ2v) is 9.95. The first-order chi connectivity index (χ1) is 13.5. The summed E-state index contributed by atoms with van der Waals surface area (Å²) < 4.78 is 6.48. The molecular formula is C19H18Cl3N3O2S. The molecule has 1 aromatic rings. The van der Waals surface area contributed by atoms with Crippen LogP contribution in [-0.4, -0.2) is 47.7 Å². The van der Waals surface area contributed by atoms with Crippen molar-refractivity contribution in [3.63, 3.8) is 0 Å². The number of nitrogens with zero attached hydrogens (tertiary/aromatic N) is 1. The Morgan fingerprint density at radius 3 is 2.82 bits per heavy atom. The second kappa shape index (κ2) is 7.18. The molecule has 1 amide bonds. The van der Waals surface area contributed by atoms with Crippen molar-refractivity contribution in [3.05, 3.63) is 44.9 Å². The van der Waals surface area contributed by atoms with Gasteiger partial charge in [0.15, 0.2) is 0 Å². The van der Waals surface area contributed by atoms with Crippen molar-refractivity contribution >= 4 is 58.0 Å². The number of carbonyl (C=O) groups is 1. The van der Waals surface area contributed by atoms with Crippen LogP contribution in [0.4, 0.5) is 0 Å². The molecule has 1 saturated heterocycles. The zero-order chi connectivity index (χ0) is 19.5. The smallest absolute Gasteiger partial charge is 0.254 e. The van der Waals surface area contributed by atoms with E-state index in [4.69, 9.17) is 39.5 Å². The van der Waals surface area contributed by atoms with Gasteiger partial charge in [-0.15, -0.1) is 11.8 Å². The van der Waals surface area contributed by atoms with E-state index in [0.717, 1.165) is 13.0 Å². The first kappa shape index (κ1) is 19.2. The van der Waals surface area contributed by atoms with Gasteiger partial charge in [-0.3, -0.25) is 15.1 Å². The molecule has 0 radical (unpaired) electrons. The number of aliphatic imine (C=N–C) groups is 1. The topological polar surface area (TPSA) is 62.7 Å². The monoisotopic (exact) mass is 457 g/mol. The van der Waals surface area contributed by atoms with Crippen LogP contribution in [-0.2, 0) is 4.74 Å². The minimum Gasteiger partial charge on any atom is -0.351 e. The third-order valence-corrected chi connectivity index (χ3v) is 7.89. The Labute approximate surface area is 182 Å². The Morgan fingerprint density at radius 1 is 1.36 bits per heavy atom. The molecule has 5 rings (SSSR count). The number of fused-ring (bicyclic) bond motifs is 3. The van der Waals surface area contributed by atoms with Crippen LogP contribution in [0.25, 0.3) is 0 Å². The van der Waals surface area contributed by atoms with Gasteiger partial charge in [-0.2, -0.15) is 0 Å². The summed E-state index contributed by atoms with van der Waals surface area (Å²) in [4.78, 5) is 17.0. The average molecular weight is 459 g/mol. The number of halogens is 3. The predicted molar refractivity (Wildman–Crippen MR) is 114 cm³/mol. The molecule has 0 aromatic heterocycles. The second-order valence-electron chi connectivity index (χ2n) is 7.61. The van der Waals surface area contributed by atoms with Crippen molar-refractivity contribution < 1.29 is 9.53 Å². The van der Waals surface area contributed by atoms with Crippen molar-refractivity contribution in [2.24, 2.45) is 16.8 Å². The van der Waals surface area contributed by atoms with Crippen LogP contribution in [0.1, 0.15) is 16.8 Å². The maximum Gasteiger partial charge on any atom is 0.254 e. The Morgan fingerprint density at radius 2 is 2.14 bits per heavy atom. The van der Waals surface area contributed by atoms with Gasteiger partial charge in [-0.1, -0.05) is 47.0 Å². The standard InChI is InChI=1S/C19H18Cl3N3O2S/c20-10-3-11(21)15(12(22)4-10)18(26)24-7-14-25-17-9-1-2-19(5-9,27-14)16(17)13-6-23-8-28-13/h1-4,8-9,13-14,16-17,25H,5-7H2,(H,24,26). The summed E-state index contributed by atoms with van der Waals surface area (Å²) in [7, 11) is 0. The molecule has 2 aliphatic carbocycles. The van der Waals surface area contributed by atoms with E-state index in [0.29, 0.717) is 34.7 Å². The van der Waals surface area contributed by atoms with Crippen molar-refractivity contribution in [2.45, 2.75) is 29.5 Å². The lowest BCUT2D eigenvalue weighted by atomic mass is 9.81. The molecule has 1 saturated carbocycles. The molecule has 2 heterocycles. The fourth-order valence-electron chi connectivity index (χ4n) is 4.95. The lowest BCUT2D eigenvalue weighted by molar-refractivity contribution is -0.130. The van der Waals surface area contributed by atoms with E-state index in [1.807, 2.05) is 5.55 Å². The molecule has 6 atom stereocenters. The Hall–Kier alpha value is -0.760. The largest absolute Gasteiger partial charge is 0.351 e. The predicted octanol–water partition coefficient (Wildman–Crippen LogP) is 3.78. The van der Waals surface area contributed by atoms with E-state index in [2.05, 4.69) is 27.8 Å². The zero-order valence-electron chi connectivity index (χ0n) is 14.7. The molecule has 9 heteroatoms. The van der Waals surface area contributed by atoms with E-state index < -0.39 is 0 Å². The molecule has 28 heavy (non-hydrogen) atoms. The molecular weight excluding hydrogens is 441 g/mol. The molecule has 2 N–H and O–H groups in total. The molecule has 2 aliphatic heterocycles. The Kier molecular flexibility index (Phi) is 4.93. The molecule has 1 spiro atoms. The fraction of sp³-hybridized carbons (Fsp3) is 0.474. The summed E-state index contributed by atoms with van der Waals surface area (Å²) in [5.74, 6) is 0.513. The van der Waals surface area contributed by atoms with Crippen LogP contribution in [0, 0.1) is 11.8 Å². The van der Waals surface area contributed by atoms with Crippen LogP contribution >= 0.6 is 46.6 Å². The molecule has 6 unspecified atom stereocenters. The third kappa shape index (κ3) is 3.09. The minimum atomic E-state index is -0.343. The van der Waals surface area contributed by atoms with Gasteiger partial charge in [0.2, 0.25) is 0 Å². The van der Waals surface area contributed by atoms with Crippen LogP contribution in [0.5, 0.6) is 0 Å². The number of hydrogen-bond donors (Lipinski definition) is 2. The number of rotatable bonds is 4. The number of hydrogen-bond acceptors (Lipinski definition) is 5. The maximum absolute atomic E-state index is 12.6. The first-order valence-corrected chi connectivity index (χ1v) is 11.2. The van der Waals surface area contributed by atoms with Crippen molar-refractivity contribution in [1.29, 1.82) is 0 Å². The number of benzene rings is 1. The highest BCUT2D eigenvalue weighted by Crippen LogP contribution is 2.55. The number of thioether (sulfide) groups is 1. The summed E-state index contributed by atoms with van der Waals surface area (Å²) in [6, 6.07) is 3.35.